The van der Waals surface area contributed by atoms with Crippen LogP contribution in [0.2, 0.25) is 0 Å². The number of hydrogen-bond acceptors (Lipinski definition) is 3. The smallest absolute Gasteiger partial charge is 0.244 e. The van der Waals surface area contributed by atoms with Crippen molar-refractivity contribution in [3.8, 4) is 0 Å². The summed E-state index contributed by atoms with van der Waals surface area (Å²) in [6, 6.07) is 2.54. The Balaban J connectivity index is 1.89. The number of benzene rings is 1. The van der Waals surface area contributed by atoms with Gasteiger partial charge in [-0.25, -0.2) is 17.2 Å². The molecule has 2 fully saturated rings. The summed E-state index contributed by atoms with van der Waals surface area (Å²) >= 11 is 0. The summed E-state index contributed by atoms with van der Waals surface area (Å²) in [4.78, 5) is 14.1. The molecule has 2 saturated heterocycles. The molecule has 5 nitrogen and oxygen atoms in total. The fourth-order valence-corrected chi connectivity index (χ4v) is 5.07. The average Bonchev–Trinajstić information content (AvgIpc) is 3.00. The van der Waals surface area contributed by atoms with E-state index in [9.17, 15) is 22.0 Å². The number of piperidine rings is 1. The summed E-state index contributed by atoms with van der Waals surface area (Å²) < 4.78 is 54.4. The minimum absolute atomic E-state index is 0.150. The van der Waals surface area contributed by atoms with E-state index in [1.54, 1.807) is 4.90 Å². The molecule has 2 atom stereocenters. The highest BCUT2D eigenvalue weighted by atomic mass is 32.2. The van der Waals surface area contributed by atoms with Crippen LogP contribution in [0.15, 0.2) is 23.1 Å². The third-order valence-electron chi connectivity index (χ3n) is 4.91. The molecule has 0 bridgehead atoms. The van der Waals surface area contributed by atoms with Gasteiger partial charge in [-0.15, -0.1) is 0 Å². The molecule has 8 heteroatoms. The molecule has 1 amide bonds. The molecule has 0 unspecified atom stereocenters. The normalized spacial score (nSPS) is 25.3. The number of hydrogen-bond donors (Lipinski definition) is 0. The first-order valence-corrected chi connectivity index (χ1v) is 9.95. The van der Waals surface area contributed by atoms with Crippen LogP contribution < -0.4 is 0 Å². The molecule has 2 aliphatic heterocycles. The fourth-order valence-electron chi connectivity index (χ4n) is 3.44. The maximum absolute atomic E-state index is 14.0. The largest absolute Gasteiger partial charge is 0.341 e. The molecule has 3 rings (SSSR count). The van der Waals surface area contributed by atoms with Gasteiger partial charge in [0.2, 0.25) is 15.9 Å². The first kappa shape index (κ1) is 18.3. The van der Waals surface area contributed by atoms with Gasteiger partial charge in [-0.05, 0) is 43.9 Å². The highest BCUT2D eigenvalue weighted by molar-refractivity contribution is 7.89. The Morgan fingerprint density at radius 3 is 2.52 bits per heavy atom. The van der Waals surface area contributed by atoms with Crippen molar-refractivity contribution in [1.29, 1.82) is 0 Å². The van der Waals surface area contributed by atoms with Gasteiger partial charge >= 0.3 is 0 Å². The molecule has 0 radical (unpaired) electrons. The van der Waals surface area contributed by atoms with Gasteiger partial charge < -0.3 is 4.90 Å². The average molecular weight is 372 g/mol. The van der Waals surface area contributed by atoms with Crippen LogP contribution in [0.5, 0.6) is 0 Å². The summed E-state index contributed by atoms with van der Waals surface area (Å²) in [5.41, 5.74) is 0.324. The van der Waals surface area contributed by atoms with E-state index >= 15 is 0 Å². The van der Waals surface area contributed by atoms with Gasteiger partial charge in [-0.3, -0.25) is 4.79 Å². The molecule has 1 aromatic carbocycles. The lowest BCUT2D eigenvalue weighted by Crippen LogP contribution is -2.49. The summed E-state index contributed by atoms with van der Waals surface area (Å²) in [5, 5.41) is 0. The molecule has 138 valence electrons. The molecule has 2 aliphatic rings. The third-order valence-corrected chi connectivity index (χ3v) is 6.78. The Morgan fingerprint density at radius 2 is 1.88 bits per heavy atom. The van der Waals surface area contributed by atoms with E-state index in [1.165, 1.54) is 19.1 Å². The third kappa shape index (κ3) is 3.55. The highest BCUT2D eigenvalue weighted by Gasteiger charge is 2.45. The van der Waals surface area contributed by atoms with Crippen molar-refractivity contribution in [2.45, 2.75) is 49.7 Å². The molecular weight excluding hydrogens is 350 g/mol. The molecule has 0 saturated carbocycles. The summed E-state index contributed by atoms with van der Waals surface area (Å²) in [5.74, 6) is -0.994. The lowest BCUT2D eigenvalue weighted by atomic mass is 10.1. The maximum Gasteiger partial charge on any atom is 0.244 e. The standard InChI is InChI=1S/C17H22F2N2O3S/c1-12-5-6-14(10-15(12)19)25(23,24)21-11-13(18)9-16(21)17(22)20-7-3-2-4-8-20/h5-6,10,13,16H,2-4,7-9,11H2,1H3/t13-,16-/m0/s1. The van der Waals surface area contributed by atoms with Crippen LogP contribution in [0.4, 0.5) is 8.78 Å². The van der Waals surface area contributed by atoms with Crippen LogP contribution >= 0.6 is 0 Å². The van der Waals surface area contributed by atoms with E-state index in [-0.39, 0.29) is 23.8 Å². The number of alkyl halides is 1. The SMILES string of the molecule is Cc1ccc(S(=O)(=O)N2C[C@@H](F)C[C@H]2C(=O)N2CCCCC2)cc1F. The summed E-state index contributed by atoms with van der Waals surface area (Å²) in [6.45, 7) is 2.29. The van der Waals surface area contributed by atoms with E-state index in [2.05, 4.69) is 0 Å². The van der Waals surface area contributed by atoms with Gasteiger partial charge in [0.05, 0.1) is 4.90 Å². The topological polar surface area (TPSA) is 57.7 Å². The van der Waals surface area contributed by atoms with Crippen LogP contribution in [0.3, 0.4) is 0 Å². The summed E-state index contributed by atoms with van der Waals surface area (Å²) in [6.07, 6.45) is 1.22. The van der Waals surface area contributed by atoms with Crippen molar-refractivity contribution in [2.24, 2.45) is 0 Å². The molecular formula is C17H22F2N2O3S. The van der Waals surface area contributed by atoms with Gasteiger partial charge in [0.1, 0.15) is 18.0 Å². The minimum Gasteiger partial charge on any atom is -0.341 e. The molecule has 0 N–H and O–H groups in total. The number of carbonyl (C=O) groups excluding carboxylic acids is 1. The van der Waals surface area contributed by atoms with Crippen molar-refractivity contribution in [2.75, 3.05) is 19.6 Å². The van der Waals surface area contributed by atoms with E-state index in [0.29, 0.717) is 18.7 Å². The number of nitrogens with zero attached hydrogens (tertiary/aromatic N) is 2. The van der Waals surface area contributed by atoms with E-state index in [4.69, 9.17) is 0 Å². The second-order valence-corrected chi connectivity index (χ2v) is 8.61. The number of amides is 1. The van der Waals surface area contributed by atoms with Gasteiger partial charge in [0.15, 0.2) is 0 Å². The number of halogens is 2. The molecule has 0 aromatic heterocycles. The fraction of sp³-hybridized carbons (Fsp3) is 0.588. The number of likely N-dealkylation sites (tertiary alicyclic amines) is 1. The van der Waals surface area contributed by atoms with E-state index in [0.717, 1.165) is 29.6 Å². The number of rotatable bonds is 3. The lowest BCUT2D eigenvalue weighted by Gasteiger charge is -2.32. The van der Waals surface area contributed by atoms with Crippen molar-refractivity contribution >= 4 is 15.9 Å². The maximum atomic E-state index is 14.0. The van der Waals surface area contributed by atoms with Crippen molar-refractivity contribution in [3.05, 3.63) is 29.6 Å². The van der Waals surface area contributed by atoms with Crippen LogP contribution in [-0.2, 0) is 14.8 Å². The predicted octanol–water partition coefficient (Wildman–Crippen LogP) is 2.25. The van der Waals surface area contributed by atoms with Gasteiger partial charge in [0.25, 0.3) is 0 Å². The van der Waals surface area contributed by atoms with Crippen LogP contribution in [-0.4, -0.2) is 55.4 Å². The molecule has 1 aromatic rings. The quantitative estimate of drug-likeness (QED) is 0.818. The summed E-state index contributed by atoms with van der Waals surface area (Å²) in [7, 11) is -4.14. The predicted molar refractivity (Wildman–Crippen MR) is 88.8 cm³/mol. The van der Waals surface area contributed by atoms with Gasteiger partial charge in [-0.2, -0.15) is 4.31 Å². The van der Waals surface area contributed by atoms with Gasteiger partial charge in [0, 0.05) is 26.1 Å². The Hall–Kier alpha value is -1.54. The Bertz CT molecular complexity index is 763. The number of aryl methyl sites for hydroxylation is 1. The second-order valence-electron chi connectivity index (χ2n) is 6.72. The number of carbonyl (C=O) groups is 1. The monoisotopic (exact) mass is 372 g/mol. The molecule has 2 heterocycles. The Kier molecular flexibility index (Phi) is 5.11. The Morgan fingerprint density at radius 1 is 1.20 bits per heavy atom. The van der Waals surface area contributed by atoms with E-state index < -0.39 is 28.1 Å². The van der Waals surface area contributed by atoms with Crippen molar-refractivity contribution < 1.29 is 22.0 Å². The van der Waals surface area contributed by atoms with Crippen molar-refractivity contribution in [1.82, 2.24) is 9.21 Å². The minimum atomic E-state index is -4.14. The first-order valence-electron chi connectivity index (χ1n) is 8.51. The zero-order valence-electron chi connectivity index (χ0n) is 14.1. The van der Waals surface area contributed by atoms with E-state index in [1.807, 2.05) is 0 Å². The van der Waals surface area contributed by atoms with Crippen LogP contribution in [0.25, 0.3) is 0 Å². The highest BCUT2D eigenvalue weighted by Crippen LogP contribution is 2.30. The molecule has 0 spiro atoms. The van der Waals surface area contributed by atoms with Crippen LogP contribution in [0.1, 0.15) is 31.2 Å². The van der Waals surface area contributed by atoms with Gasteiger partial charge in [-0.1, -0.05) is 6.07 Å². The molecule has 0 aliphatic carbocycles. The first-order chi connectivity index (χ1) is 11.8. The second kappa shape index (κ2) is 6.99. The zero-order valence-corrected chi connectivity index (χ0v) is 14.9. The lowest BCUT2D eigenvalue weighted by molar-refractivity contribution is -0.135. The van der Waals surface area contributed by atoms with Crippen molar-refractivity contribution in [3.63, 3.8) is 0 Å². The molecule has 25 heavy (non-hydrogen) atoms. The number of sulfonamides is 1. The zero-order chi connectivity index (χ0) is 18.2. The Labute approximate surface area is 146 Å². The van der Waals surface area contributed by atoms with Crippen LogP contribution in [0, 0.1) is 12.7 Å².